The second-order valence-corrected chi connectivity index (χ2v) is 4.02. The summed E-state index contributed by atoms with van der Waals surface area (Å²) in [6, 6.07) is 7.78. The van der Waals surface area contributed by atoms with E-state index in [0.717, 1.165) is 11.3 Å². The number of benzene rings is 1. The standard InChI is InChI=1S/C13H19NO3/c1-2-15-11-5-3-4-10(8-11)12(14)9-13-16-6-7-17-13/h3-5,8,12-13H,2,6-7,9,14H2,1H3. The van der Waals surface area contributed by atoms with Gasteiger partial charge in [0.1, 0.15) is 5.75 Å². The highest BCUT2D eigenvalue weighted by Crippen LogP contribution is 2.23. The summed E-state index contributed by atoms with van der Waals surface area (Å²) in [4.78, 5) is 0. The minimum absolute atomic E-state index is 0.0847. The van der Waals surface area contributed by atoms with Crippen LogP contribution in [-0.4, -0.2) is 26.1 Å². The summed E-state index contributed by atoms with van der Waals surface area (Å²) in [6.45, 7) is 3.95. The molecule has 4 heteroatoms. The van der Waals surface area contributed by atoms with Gasteiger partial charge in [0.25, 0.3) is 0 Å². The fraction of sp³-hybridized carbons (Fsp3) is 0.538. The van der Waals surface area contributed by atoms with Crippen molar-refractivity contribution in [3.63, 3.8) is 0 Å². The van der Waals surface area contributed by atoms with Gasteiger partial charge in [0.05, 0.1) is 19.8 Å². The molecule has 0 radical (unpaired) electrons. The molecule has 1 aliphatic rings. The SMILES string of the molecule is CCOc1cccc(C(N)CC2OCCO2)c1. The maximum Gasteiger partial charge on any atom is 0.159 e. The molecule has 1 saturated heterocycles. The van der Waals surface area contributed by atoms with Crippen LogP contribution in [-0.2, 0) is 9.47 Å². The second-order valence-electron chi connectivity index (χ2n) is 4.02. The summed E-state index contributed by atoms with van der Waals surface area (Å²) < 4.78 is 16.2. The lowest BCUT2D eigenvalue weighted by atomic mass is 10.0. The van der Waals surface area contributed by atoms with Gasteiger partial charge < -0.3 is 19.9 Å². The quantitative estimate of drug-likeness (QED) is 0.849. The number of rotatable bonds is 5. The molecule has 2 N–H and O–H groups in total. The Kier molecular flexibility index (Phi) is 4.36. The van der Waals surface area contributed by atoms with Crippen molar-refractivity contribution < 1.29 is 14.2 Å². The van der Waals surface area contributed by atoms with Crippen LogP contribution in [0.25, 0.3) is 0 Å². The van der Waals surface area contributed by atoms with Crippen LogP contribution in [0.2, 0.25) is 0 Å². The van der Waals surface area contributed by atoms with E-state index in [1.807, 2.05) is 31.2 Å². The molecule has 4 nitrogen and oxygen atoms in total. The highest BCUT2D eigenvalue weighted by atomic mass is 16.7. The van der Waals surface area contributed by atoms with Crippen molar-refractivity contribution in [2.45, 2.75) is 25.7 Å². The zero-order valence-corrected chi connectivity index (χ0v) is 10.1. The molecule has 1 heterocycles. The maximum absolute atomic E-state index is 6.12. The lowest BCUT2D eigenvalue weighted by Crippen LogP contribution is -2.19. The molecule has 1 aromatic carbocycles. The van der Waals surface area contributed by atoms with Crippen molar-refractivity contribution in [1.82, 2.24) is 0 Å². The van der Waals surface area contributed by atoms with Gasteiger partial charge in [-0.25, -0.2) is 0 Å². The van der Waals surface area contributed by atoms with Gasteiger partial charge in [-0.2, -0.15) is 0 Å². The minimum Gasteiger partial charge on any atom is -0.494 e. The molecule has 94 valence electrons. The topological polar surface area (TPSA) is 53.7 Å². The Labute approximate surface area is 102 Å². The van der Waals surface area contributed by atoms with E-state index in [9.17, 15) is 0 Å². The minimum atomic E-state index is -0.166. The molecule has 0 amide bonds. The lowest BCUT2D eigenvalue weighted by Gasteiger charge is -2.16. The Balaban J connectivity index is 1.97. The summed E-state index contributed by atoms with van der Waals surface area (Å²) in [7, 11) is 0. The van der Waals surface area contributed by atoms with E-state index in [2.05, 4.69) is 0 Å². The molecular weight excluding hydrogens is 218 g/mol. The van der Waals surface area contributed by atoms with Gasteiger partial charge in [-0.1, -0.05) is 12.1 Å². The third kappa shape index (κ3) is 3.43. The van der Waals surface area contributed by atoms with Crippen molar-refractivity contribution in [2.75, 3.05) is 19.8 Å². The molecule has 1 aliphatic heterocycles. The molecule has 0 spiro atoms. The van der Waals surface area contributed by atoms with Crippen LogP contribution in [0.5, 0.6) is 5.75 Å². The summed E-state index contributed by atoms with van der Waals surface area (Å²) >= 11 is 0. The number of hydrogen-bond donors (Lipinski definition) is 1. The maximum atomic E-state index is 6.12. The van der Waals surface area contributed by atoms with Crippen LogP contribution in [0.4, 0.5) is 0 Å². The summed E-state index contributed by atoms with van der Waals surface area (Å²) in [5.74, 6) is 0.855. The van der Waals surface area contributed by atoms with Crippen LogP contribution in [0, 0.1) is 0 Å². The Morgan fingerprint density at radius 2 is 2.18 bits per heavy atom. The average Bonchev–Trinajstić information content (AvgIpc) is 2.83. The predicted molar refractivity (Wildman–Crippen MR) is 64.8 cm³/mol. The highest BCUT2D eigenvalue weighted by Gasteiger charge is 2.20. The average molecular weight is 237 g/mol. The van der Waals surface area contributed by atoms with E-state index in [0.29, 0.717) is 26.2 Å². The fourth-order valence-electron chi connectivity index (χ4n) is 1.89. The third-order valence-corrected chi connectivity index (χ3v) is 2.73. The van der Waals surface area contributed by atoms with Gasteiger partial charge >= 0.3 is 0 Å². The lowest BCUT2D eigenvalue weighted by molar-refractivity contribution is -0.0507. The van der Waals surface area contributed by atoms with Crippen molar-refractivity contribution in [3.8, 4) is 5.75 Å². The number of nitrogens with two attached hydrogens (primary N) is 1. The van der Waals surface area contributed by atoms with Gasteiger partial charge in [-0.15, -0.1) is 0 Å². The molecule has 0 saturated carbocycles. The van der Waals surface area contributed by atoms with E-state index in [1.165, 1.54) is 0 Å². The first-order valence-corrected chi connectivity index (χ1v) is 6.01. The van der Waals surface area contributed by atoms with Crippen LogP contribution >= 0.6 is 0 Å². The third-order valence-electron chi connectivity index (χ3n) is 2.73. The molecule has 1 unspecified atom stereocenters. The predicted octanol–water partition coefficient (Wildman–Crippen LogP) is 1.85. The van der Waals surface area contributed by atoms with Crippen LogP contribution in [0.15, 0.2) is 24.3 Å². The van der Waals surface area contributed by atoms with Gasteiger partial charge in [-0.3, -0.25) is 0 Å². The molecule has 0 aromatic heterocycles. The van der Waals surface area contributed by atoms with Gasteiger partial charge in [0.15, 0.2) is 6.29 Å². The van der Waals surface area contributed by atoms with Crippen molar-refractivity contribution in [1.29, 1.82) is 0 Å². The Hall–Kier alpha value is -1.10. The highest BCUT2D eigenvalue weighted by molar-refractivity contribution is 5.30. The van der Waals surface area contributed by atoms with Crippen molar-refractivity contribution >= 4 is 0 Å². The molecule has 1 atom stereocenters. The van der Waals surface area contributed by atoms with Crippen LogP contribution < -0.4 is 10.5 Å². The summed E-state index contributed by atoms with van der Waals surface area (Å²) in [5.41, 5.74) is 7.18. The number of hydrogen-bond acceptors (Lipinski definition) is 4. The van der Waals surface area contributed by atoms with Crippen LogP contribution in [0.1, 0.15) is 24.9 Å². The number of ether oxygens (including phenoxy) is 3. The molecule has 0 aliphatic carbocycles. The molecule has 1 fully saturated rings. The zero-order chi connectivity index (χ0) is 12.1. The molecular formula is C13H19NO3. The second kappa shape index (κ2) is 6.00. The normalized spacial score (nSPS) is 18.2. The molecule has 2 rings (SSSR count). The van der Waals surface area contributed by atoms with Gasteiger partial charge in [-0.05, 0) is 24.6 Å². The molecule has 0 bridgehead atoms. The largest absolute Gasteiger partial charge is 0.494 e. The Bertz CT molecular complexity index is 350. The summed E-state index contributed by atoms with van der Waals surface area (Å²) in [5, 5.41) is 0. The van der Waals surface area contributed by atoms with E-state index in [1.54, 1.807) is 0 Å². The van der Waals surface area contributed by atoms with Gasteiger partial charge in [0, 0.05) is 12.5 Å². The first kappa shape index (κ1) is 12.4. The van der Waals surface area contributed by atoms with E-state index in [-0.39, 0.29) is 12.3 Å². The van der Waals surface area contributed by atoms with E-state index < -0.39 is 0 Å². The van der Waals surface area contributed by atoms with E-state index >= 15 is 0 Å². The first-order chi connectivity index (χ1) is 8.29. The van der Waals surface area contributed by atoms with Crippen molar-refractivity contribution in [2.24, 2.45) is 5.73 Å². The Morgan fingerprint density at radius 3 is 2.88 bits per heavy atom. The molecule has 1 aromatic rings. The van der Waals surface area contributed by atoms with E-state index in [4.69, 9.17) is 19.9 Å². The summed E-state index contributed by atoms with van der Waals surface area (Å²) in [6.07, 6.45) is 0.510. The fourth-order valence-corrected chi connectivity index (χ4v) is 1.89. The van der Waals surface area contributed by atoms with Gasteiger partial charge in [0.2, 0.25) is 0 Å². The van der Waals surface area contributed by atoms with Crippen LogP contribution in [0.3, 0.4) is 0 Å². The first-order valence-electron chi connectivity index (χ1n) is 6.01. The smallest absolute Gasteiger partial charge is 0.159 e. The Morgan fingerprint density at radius 1 is 1.41 bits per heavy atom. The zero-order valence-electron chi connectivity index (χ0n) is 10.1. The van der Waals surface area contributed by atoms with Crippen molar-refractivity contribution in [3.05, 3.63) is 29.8 Å². The monoisotopic (exact) mass is 237 g/mol. The molecule has 17 heavy (non-hydrogen) atoms.